The molecule has 2 heterocycles. The Labute approximate surface area is 141 Å². The molecule has 1 amide bonds. The SMILES string of the molecule is Cc1cc(-c2ccccc2)c2c(NC(=O)C(=O)O)c(C#N)sc2n1. The van der Waals surface area contributed by atoms with Crippen LogP contribution in [0.25, 0.3) is 21.3 Å². The fraction of sp³-hybridized carbons (Fsp3) is 0.0588. The van der Waals surface area contributed by atoms with Crippen LogP contribution < -0.4 is 5.32 Å². The summed E-state index contributed by atoms with van der Waals surface area (Å²) >= 11 is 1.12. The zero-order chi connectivity index (χ0) is 17.3. The summed E-state index contributed by atoms with van der Waals surface area (Å²) in [5.74, 6) is -2.80. The summed E-state index contributed by atoms with van der Waals surface area (Å²) in [6.07, 6.45) is 0. The van der Waals surface area contributed by atoms with Crippen LogP contribution in [0.5, 0.6) is 0 Å². The second-order valence-corrected chi connectivity index (χ2v) is 6.03. The number of hydrogen-bond acceptors (Lipinski definition) is 5. The van der Waals surface area contributed by atoms with Crippen LogP contribution >= 0.6 is 11.3 Å². The van der Waals surface area contributed by atoms with Crippen molar-refractivity contribution in [2.45, 2.75) is 6.92 Å². The number of benzene rings is 1. The largest absolute Gasteiger partial charge is 0.474 e. The molecule has 0 bridgehead atoms. The predicted molar refractivity (Wildman–Crippen MR) is 90.8 cm³/mol. The number of carbonyl (C=O) groups is 2. The molecule has 0 aliphatic heterocycles. The third-order valence-corrected chi connectivity index (χ3v) is 4.40. The van der Waals surface area contributed by atoms with Crippen molar-refractivity contribution in [2.75, 3.05) is 5.32 Å². The minimum Gasteiger partial charge on any atom is -0.474 e. The number of amides is 1. The molecule has 0 saturated heterocycles. The van der Waals surface area contributed by atoms with Gasteiger partial charge in [-0.3, -0.25) is 4.79 Å². The Morgan fingerprint density at radius 2 is 2.00 bits per heavy atom. The van der Waals surface area contributed by atoms with Crippen molar-refractivity contribution < 1.29 is 14.7 Å². The number of hydrogen-bond donors (Lipinski definition) is 2. The fourth-order valence-corrected chi connectivity index (χ4v) is 3.43. The Morgan fingerprint density at radius 1 is 1.29 bits per heavy atom. The first-order valence-corrected chi connectivity index (χ1v) is 7.77. The van der Waals surface area contributed by atoms with Crippen molar-refractivity contribution in [3.63, 3.8) is 0 Å². The molecule has 0 unspecified atom stereocenters. The van der Waals surface area contributed by atoms with E-state index in [1.165, 1.54) is 0 Å². The second-order valence-electron chi connectivity index (χ2n) is 5.03. The van der Waals surface area contributed by atoms with Gasteiger partial charge in [-0.25, -0.2) is 9.78 Å². The molecule has 0 spiro atoms. The van der Waals surface area contributed by atoms with E-state index in [-0.39, 0.29) is 10.6 Å². The number of aryl methyl sites for hydroxylation is 1. The summed E-state index contributed by atoms with van der Waals surface area (Å²) in [6.45, 7) is 1.84. The van der Waals surface area contributed by atoms with E-state index in [1.807, 2.05) is 49.4 Å². The summed E-state index contributed by atoms with van der Waals surface area (Å²) in [5.41, 5.74) is 2.64. The van der Waals surface area contributed by atoms with Crippen LogP contribution in [0.4, 0.5) is 5.69 Å². The molecule has 1 aromatic carbocycles. The number of pyridine rings is 1. The molecule has 0 aliphatic carbocycles. The van der Waals surface area contributed by atoms with Gasteiger partial charge >= 0.3 is 11.9 Å². The summed E-state index contributed by atoms with van der Waals surface area (Å²) in [5, 5.41) is 21.1. The van der Waals surface area contributed by atoms with Crippen molar-refractivity contribution in [2.24, 2.45) is 0 Å². The standard InChI is InChI=1S/C17H11N3O3S/c1-9-7-11(10-5-3-2-4-6-10)13-14(20-15(21)17(22)23)12(8-18)24-16(13)19-9/h2-7H,1H3,(H,20,21)(H,22,23). The lowest BCUT2D eigenvalue weighted by Gasteiger charge is -2.08. The lowest BCUT2D eigenvalue weighted by atomic mass is 10.0. The van der Waals surface area contributed by atoms with Crippen LogP contribution in [0.3, 0.4) is 0 Å². The topological polar surface area (TPSA) is 103 Å². The van der Waals surface area contributed by atoms with Crippen molar-refractivity contribution in [3.8, 4) is 17.2 Å². The molecule has 0 fully saturated rings. The normalized spacial score (nSPS) is 10.3. The maximum Gasteiger partial charge on any atom is 0.394 e. The van der Waals surface area contributed by atoms with Crippen LogP contribution in [0.1, 0.15) is 10.6 Å². The van der Waals surface area contributed by atoms with E-state index >= 15 is 0 Å². The van der Waals surface area contributed by atoms with E-state index in [2.05, 4.69) is 10.3 Å². The van der Waals surface area contributed by atoms with Crippen molar-refractivity contribution in [3.05, 3.63) is 47.0 Å². The molecular formula is C17H11N3O3S. The number of nitrogens with zero attached hydrogens (tertiary/aromatic N) is 2. The molecule has 2 aromatic heterocycles. The summed E-state index contributed by atoms with van der Waals surface area (Å²) < 4.78 is 0. The Balaban J connectivity index is 2.32. The molecule has 3 aromatic rings. The quantitative estimate of drug-likeness (QED) is 0.699. The molecule has 0 aliphatic rings. The first-order valence-electron chi connectivity index (χ1n) is 6.95. The monoisotopic (exact) mass is 337 g/mol. The first-order chi connectivity index (χ1) is 11.5. The number of carbonyl (C=O) groups excluding carboxylic acids is 1. The highest BCUT2D eigenvalue weighted by Crippen LogP contribution is 2.40. The fourth-order valence-electron chi connectivity index (χ4n) is 2.43. The average molecular weight is 337 g/mol. The zero-order valence-corrected chi connectivity index (χ0v) is 13.3. The molecule has 7 heteroatoms. The summed E-state index contributed by atoms with van der Waals surface area (Å²) in [4.78, 5) is 27.7. The van der Waals surface area contributed by atoms with Crippen LogP contribution in [0.2, 0.25) is 0 Å². The van der Waals surface area contributed by atoms with Crippen molar-refractivity contribution >= 4 is 39.1 Å². The van der Waals surface area contributed by atoms with Gasteiger partial charge in [0.1, 0.15) is 15.8 Å². The summed E-state index contributed by atoms with van der Waals surface area (Å²) in [6, 6.07) is 13.3. The van der Waals surface area contributed by atoms with Gasteiger partial charge in [0.25, 0.3) is 0 Å². The number of thiophene rings is 1. The Hall–Kier alpha value is -3.24. The average Bonchev–Trinajstić information content (AvgIpc) is 2.92. The number of aliphatic carboxylic acids is 1. The van der Waals surface area contributed by atoms with E-state index in [4.69, 9.17) is 5.11 Å². The molecule has 24 heavy (non-hydrogen) atoms. The Bertz CT molecular complexity index is 1000. The van der Waals surface area contributed by atoms with Crippen molar-refractivity contribution in [1.82, 2.24) is 4.98 Å². The molecule has 0 radical (unpaired) electrons. The number of carboxylic acid groups (broad SMARTS) is 1. The van der Waals surface area contributed by atoms with Gasteiger partial charge in [0.05, 0.1) is 5.69 Å². The number of rotatable bonds is 2. The van der Waals surface area contributed by atoms with Gasteiger partial charge in [0.2, 0.25) is 0 Å². The van der Waals surface area contributed by atoms with Crippen molar-refractivity contribution in [1.29, 1.82) is 5.26 Å². The van der Waals surface area contributed by atoms with Crippen LogP contribution in [0.15, 0.2) is 36.4 Å². The van der Waals surface area contributed by atoms with E-state index in [9.17, 15) is 14.9 Å². The Kier molecular flexibility index (Phi) is 3.98. The molecule has 2 N–H and O–H groups in total. The molecule has 0 saturated carbocycles. The second kappa shape index (κ2) is 6.10. The Morgan fingerprint density at radius 3 is 2.62 bits per heavy atom. The highest BCUT2D eigenvalue weighted by molar-refractivity contribution is 7.20. The number of nitriles is 1. The van der Waals surface area contributed by atoms with Gasteiger partial charge in [-0.1, -0.05) is 30.3 Å². The van der Waals surface area contributed by atoms with Gasteiger partial charge < -0.3 is 10.4 Å². The van der Waals surface area contributed by atoms with E-state index in [1.54, 1.807) is 0 Å². The van der Waals surface area contributed by atoms with Crippen LogP contribution in [-0.4, -0.2) is 22.0 Å². The molecular weight excluding hydrogens is 326 g/mol. The van der Waals surface area contributed by atoms with E-state index in [0.29, 0.717) is 10.2 Å². The van der Waals surface area contributed by atoms with Gasteiger partial charge in [-0.15, -0.1) is 11.3 Å². The molecule has 3 rings (SSSR count). The lowest BCUT2D eigenvalue weighted by Crippen LogP contribution is -2.22. The van der Waals surface area contributed by atoms with Gasteiger partial charge in [0.15, 0.2) is 0 Å². The number of aromatic nitrogens is 1. The minimum absolute atomic E-state index is 0.191. The van der Waals surface area contributed by atoms with Gasteiger partial charge in [-0.2, -0.15) is 5.26 Å². The van der Waals surface area contributed by atoms with E-state index < -0.39 is 11.9 Å². The lowest BCUT2D eigenvalue weighted by molar-refractivity contribution is -0.147. The van der Waals surface area contributed by atoms with Gasteiger partial charge in [0, 0.05) is 11.1 Å². The summed E-state index contributed by atoms with van der Waals surface area (Å²) in [7, 11) is 0. The maximum absolute atomic E-state index is 11.6. The molecule has 118 valence electrons. The zero-order valence-electron chi connectivity index (χ0n) is 12.5. The highest BCUT2D eigenvalue weighted by Gasteiger charge is 2.22. The van der Waals surface area contributed by atoms with E-state index in [0.717, 1.165) is 28.2 Å². The third kappa shape index (κ3) is 2.71. The third-order valence-electron chi connectivity index (χ3n) is 3.41. The molecule has 0 atom stereocenters. The molecule has 6 nitrogen and oxygen atoms in total. The number of nitrogens with one attached hydrogen (secondary N) is 1. The highest BCUT2D eigenvalue weighted by atomic mass is 32.1. The van der Waals surface area contributed by atoms with Crippen LogP contribution in [-0.2, 0) is 9.59 Å². The van der Waals surface area contributed by atoms with Crippen LogP contribution in [0, 0.1) is 18.3 Å². The minimum atomic E-state index is -1.61. The number of carboxylic acids is 1. The number of anilines is 1. The smallest absolute Gasteiger partial charge is 0.394 e. The first kappa shape index (κ1) is 15.6. The maximum atomic E-state index is 11.6. The number of fused-ring (bicyclic) bond motifs is 1. The predicted octanol–water partition coefficient (Wildman–Crippen LogP) is 3.17. The van der Waals surface area contributed by atoms with Gasteiger partial charge in [-0.05, 0) is 24.1 Å².